The minimum absolute atomic E-state index is 0. The first-order valence-corrected chi connectivity index (χ1v) is 5.08. The van der Waals surface area contributed by atoms with Crippen LogP contribution in [0.5, 0.6) is 0 Å². The Kier molecular flexibility index (Phi) is 13.1. The van der Waals surface area contributed by atoms with Crippen molar-refractivity contribution in [1.82, 2.24) is 0 Å². The number of hydrogen-bond acceptors (Lipinski definition) is 4. The molecular weight excluding hydrogens is 244 g/mol. The van der Waals surface area contributed by atoms with Crippen LogP contribution < -0.4 is 11.5 Å². The Morgan fingerprint density at radius 2 is 1.00 bits per heavy atom. The van der Waals surface area contributed by atoms with Gasteiger partial charge in [0.25, 0.3) is 0 Å². The number of aliphatic carboxylic acids is 2. The molecule has 0 saturated heterocycles. The van der Waals surface area contributed by atoms with Gasteiger partial charge in [-0.25, -0.2) is 0 Å². The molecule has 6 nitrogen and oxygen atoms in total. The zero-order valence-corrected chi connectivity index (χ0v) is 11.7. The van der Waals surface area contributed by atoms with Crippen molar-refractivity contribution in [1.29, 1.82) is 0 Å². The van der Waals surface area contributed by atoms with Crippen LogP contribution in [0.1, 0.15) is 27.7 Å². The van der Waals surface area contributed by atoms with E-state index in [2.05, 4.69) is 0 Å². The van der Waals surface area contributed by atoms with Gasteiger partial charge in [-0.1, -0.05) is 27.7 Å². The molecule has 0 fully saturated rings. The van der Waals surface area contributed by atoms with E-state index in [0.717, 1.165) is 0 Å². The molecule has 0 aromatic rings. The van der Waals surface area contributed by atoms with Gasteiger partial charge < -0.3 is 21.7 Å². The first-order chi connectivity index (χ1) is 7.11. The Morgan fingerprint density at radius 3 is 1.00 bits per heavy atom. The summed E-state index contributed by atoms with van der Waals surface area (Å²) in [6.07, 6.45) is 0. The summed E-state index contributed by atoms with van der Waals surface area (Å²) in [7, 11) is 0. The van der Waals surface area contributed by atoms with Gasteiger partial charge in [0.2, 0.25) is 0 Å². The molecule has 7 heteroatoms. The molecule has 0 aliphatic carbocycles. The fraction of sp³-hybridized carbons (Fsp3) is 0.800. The first-order valence-electron chi connectivity index (χ1n) is 5.08. The van der Waals surface area contributed by atoms with Crippen molar-refractivity contribution in [3.63, 3.8) is 0 Å². The van der Waals surface area contributed by atoms with Gasteiger partial charge in [-0.05, 0) is 11.8 Å². The zero-order chi connectivity index (χ0) is 13.5. The normalized spacial score (nSPS) is 13.2. The van der Waals surface area contributed by atoms with Crippen LogP contribution in [0.2, 0.25) is 0 Å². The number of carbonyl (C=O) groups is 2. The minimum atomic E-state index is -0.931. The zero-order valence-electron chi connectivity index (χ0n) is 10.7. The lowest BCUT2D eigenvalue weighted by Gasteiger charge is -2.07. The van der Waals surface area contributed by atoms with Crippen molar-refractivity contribution in [3.8, 4) is 0 Å². The second-order valence-corrected chi connectivity index (χ2v) is 4.22. The van der Waals surface area contributed by atoms with Gasteiger partial charge in [0, 0.05) is 0 Å². The molecule has 17 heavy (non-hydrogen) atoms. The van der Waals surface area contributed by atoms with Gasteiger partial charge in [-0.15, -0.1) is 0 Å². The van der Waals surface area contributed by atoms with Gasteiger partial charge >= 0.3 is 11.9 Å². The van der Waals surface area contributed by atoms with E-state index in [1.165, 1.54) is 0 Å². The average Bonchev–Trinajstić information content (AvgIpc) is 2.15. The third kappa shape index (κ3) is 11.5. The summed E-state index contributed by atoms with van der Waals surface area (Å²) >= 11 is 0. The van der Waals surface area contributed by atoms with Gasteiger partial charge in [0.05, 0.1) is 0 Å². The molecule has 6 N–H and O–H groups in total. The summed E-state index contributed by atoms with van der Waals surface area (Å²) in [6, 6.07) is -1.43. The monoisotopic (exact) mass is 268 g/mol. The average molecular weight is 268 g/mol. The van der Waals surface area contributed by atoms with Crippen LogP contribution in [0.15, 0.2) is 0 Å². The number of carboxylic acid groups (broad SMARTS) is 2. The molecule has 0 amide bonds. The lowest BCUT2D eigenvalue weighted by Crippen LogP contribution is -2.34. The summed E-state index contributed by atoms with van der Waals surface area (Å²) in [6.45, 7) is 7.11. The summed E-state index contributed by atoms with van der Waals surface area (Å²) in [4.78, 5) is 20.0. The molecule has 0 rings (SSSR count). The maximum absolute atomic E-state index is 10.0. The van der Waals surface area contributed by atoms with E-state index >= 15 is 0 Å². The van der Waals surface area contributed by atoms with Crippen LogP contribution in [0.4, 0.5) is 0 Å². The molecule has 0 aliphatic rings. The Labute approximate surface area is 109 Å². The van der Waals surface area contributed by atoms with E-state index in [9.17, 15) is 9.59 Å². The minimum Gasteiger partial charge on any atom is -0.480 e. The third-order valence-corrected chi connectivity index (χ3v) is 2.01. The second kappa shape index (κ2) is 10.4. The van der Waals surface area contributed by atoms with Crippen LogP contribution in [0, 0.1) is 11.8 Å². The highest BCUT2D eigenvalue weighted by molar-refractivity contribution is 7.59. The molecule has 0 aliphatic heterocycles. The number of carboxylic acids is 2. The van der Waals surface area contributed by atoms with Gasteiger partial charge in [0.15, 0.2) is 0 Å². The molecule has 0 unspecified atom stereocenters. The molecule has 0 heterocycles. The van der Waals surface area contributed by atoms with E-state index in [1.807, 2.05) is 0 Å². The van der Waals surface area contributed by atoms with Crippen LogP contribution in [0.25, 0.3) is 0 Å². The molecule has 0 radical (unpaired) electrons. The third-order valence-electron chi connectivity index (χ3n) is 2.01. The van der Waals surface area contributed by atoms with Crippen molar-refractivity contribution in [2.45, 2.75) is 39.8 Å². The topological polar surface area (TPSA) is 127 Å². The van der Waals surface area contributed by atoms with Crippen molar-refractivity contribution < 1.29 is 19.8 Å². The smallest absolute Gasteiger partial charge is 0.320 e. The van der Waals surface area contributed by atoms with E-state index in [-0.39, 0.29) is 25.3 Å². The van der Waals surface area contributed by atoms with Crippen molar-refractivity contribution in [3.05, 3.63) is 0 Å². The summed E-state index contributed by atoms with van der Waals surface area (Å²) < 4.78 is 0. The highest BCUT2D eigenvalue weighted by Gasteiger charge is 2.14. The predicted molar refractivity (Wildman–Crippen MR) is 71.3 cm³/mol. The van der Waals surface area contributed by atoms with Crippen molar-refractivity contribution >= 4 is 25.4 Å². The Morgan fingerprint density at radius 1 is 0.824 bits per heavy atom. The Hall–Kier alpha value is -0.790. The van der Waals surface area contributed by atoms with Gasteiger partial charge in [-0.2, -0.15) is 13.5 Å². The van der Waals surface area contributed by atoms with E-state index in [1.54, 1.807) is 27.7 Å². The number of nitrogens with two attached hydrogens (primary N) is 2. The number of rotatable bonds is 4. The maximum atomic E-state index is 10.0. The highest BCUT2D eigenvalue weighted by Crippen LogP contribution is 1.96. The maximum Gasteiger partial charge on any atom is 0.320 e. The van der Waals surface area contributed by atoms with Crippen LogP contribution in [-0.4, -0.2) is 34.2 Å². The lowest BCUT2D eigenvalue weighted by atomic mass is 10.1. The summed E-state index contributed by atoms with van der Waals surface area (Å²) in [5.74, 6) is -1.82. The van der Waals surface area contributed by atoms with Gasteiger partial charge in [-0.3, -0.25) is 9.59 Å². The van der Waals surface area contributed by atoms with E-state index in [0.29, 0.717) is 0 Å². The molecule has 0 bridgehead atoms. The van der Waals surface area contributed by atoms with Gasteiger partial charge in [0.1, 0.15) is 12.1 Å². The van der Waals surface area contributed by atoms with Crippen LogP contribution in [0.3, 0.4) is 0 Å². The quantitative estimate of drug-likeness (QED) is 0.577. The van der Waals surface area contributed by atoms with Crippen molar-refractivity contribution in [2.24, 2.45) is 23.3 Å². The fourth-order valence-electron chi connectivity index (χ4n) is 0.570. The van der Waals surface area contributed by atoms with Crippen LogP contribution >= 0.6 is 13.5 Å². The molecule has 0 aromatic carbocycles. The molecule has 2 atom stereocenters. The molecule has 0 saturated carbocycles. The second-order valence-electron chi connectivity index (χ2n) is 4.22. The lowest BCUT2D eigenvalue weighted by molar-refractivity contribution is -0.140. The summed E-state index contributed by atoms with van der Waals surface area (Å²) in [5.41, 5.74) is 10.3. The largest absolute Gasteiger partial charge is 0.480 e. The Balaban J connectivity index is -0.000000218. The van der Waals surface area contributed by atoms with Crippen molar-refractivity contribution in [2.75, 3.05) is 0 Å². The highest BCUT2D eigenvalue weighted by atomic mass is 32.1. The standard InChI is InChI=1S/2C5H11NO2.H2S/c2*1-3(2)4(6)5(7)8;/h2*3-4H,6H2,1-2H3,(H,7,8);1H2/t2*4-;/m00./s1. The van der Waals surface area contributed by atoms with E-state index in [4.69, 9.17) is 21.7 Å². The molecule has 0 aromatic heterocycles. The Bertz CT molecular complexity index is 210. The molecule has 0 spiro atoms. The predicted octanol–water partition coefficient (Wildman–Crippen LogP) is 0.221. The number of hydrogen-bond donors (Lipinski definition) is 4. The molecular formula is C10H24N2O4S. The fourth-order valence-corrected chi connectivity index (χ4v) is 0.570. The van der Waals surface area contributed by atoms with Crippen LogP contribution in [-0.2, 0) is 9.59 Å². The van der Waals surface area contributed by atoms with E-state index < -0.39 is 24.0 Å². The SMILES string of the molecule is CC(C)[C@H](N)C(=O)O.CC(C)[C@H](N)C(=O)O.S. The first kappa shape index (κ1) is 21.5. The molecule has 104 valence electrons. The summed E-state index contributed by atoms with van der Waals surface area (Å²) in [5, 5.41) is 16.5.